The minimum Gasteiger partial charge on any atom is -0.453 e. The molecule has 15 nitrogen and oxygen atoms in total. The molecular weight excluding hydrogens is 528 g/mol. The molecule has 0 atom stereocenters. The van der Waals surface area contributed by atoms with E-state index in [1.165, 1.54) is 48.5 Å². The Bertz CT molecular complexity index is 1050. The lowest BCUT2D eigenvalue weighted by Gasteiger charge is -2.24. The van der Waals surface area contributed by atoms with Crippen molar-refractivity contribution in [3.05, 3.63) is 48.5 Å². The molecule has 0 radical (unpaired) electrons. The standard InChI is InChI=1S/C14H20N2O13P4/c17-30(18,19)13(31(20,21)22)15-9-5-1-3-7-11(9)29-12-8-4-2-6-10(12)16-14(32(23,24)25)33(26,27)28/h1-8,13-16H,(H2,17,18,19)(H2,20,21,22)(H2,23,24,25)(H2,26,27,28). The zero-order valence-corrected chi connectivity index (χ0v) is 19.8. The Hall–Kier alpha value is -1.56. The summed E-state index contributed by atoms with van der Waals surface area (Å²) in [6, 6.07) is 10.3. The van der Waals surface area contributed by atoms with Crippen molar-refractivity contribution in [2.24, 2.45) is 0 Å². The lowest BCUT2D eigenvalue weighted by Crippen LogP contribution is -2.20. The number of nitrogens with one attached hydrogen (secondary N) is 2. The molecule has 0 saturated carbocycles. The maximum Gasteiger partial charge on any atom is 0.360 e. The number of anilines is 2. The predicted molar refractivity (Wildman–Crippen MR) is 116 cm³/mol. The second kappa shape index (κ2) is 9.97. The van der Waals surface area contributed by atoms with Crippen molar-refractivity contribution in [2.45, 2.75) is 11.0 Å². The molecule has 33 heavy (non-hydrogen) atoms. The van der Waals surface area contributed by atoms with Crippen LogP contribution in [0.2, 0.25) is 0 Å². The van der Waals surface area contributed by atoms with Gasteiger partial charge in [0.2, 0.25) is 11.0 Å². The van der Waals surface area contributed by atoms with Crippen LogP contribution in [0.1, 0.15) is 0 Å². The molecule has 2 aromatic carbocycles. The van der Waals surface area contributed by atoms with E-state index in [2.05, 4.69) is 0 Å². The highest BCUT2D eigenvalue weighted by atomic mass is 31.2. The summed E-state index contributed by atoms with van der Waals surface area (Å²) in [6.45, 7) is 0. The molecule has 184 valence electrons. The zero-order valence-electron chi connectivity index (χ0n) is 16.2. The topological polar surface area (TPSA) is 263 Å². The predicted octanol–water partition coefficient (Wildman–Crippen LogP) is 1.58. The van der Waals surface area contributed by atoms with E-state index in [4.69, 9.17) is 4.74 Å². The highest BCUT2D eigenvalue weighted by Gasteiger charge is 2.45. The summed E-state index contributed by atoms with van der Waals surface area (Å²) in [6.07, 6.45) is 0. The Morgan fingerprint density at radius 2 is 0.818 bits per heavy atom. The number of rotatable bonds is 10. The van der Waals surface area contributed by atoms with Crippen LogP contribution in [0, 0.1) is 0 Å². The summed E-state index contributed by atoms with van der Waals surface area (Å²) in [7, 11) is -21.4. The van der Waals surface area contributed by atoms with E-state index in [-0.39, 0.29) is 22.9 Å². The van der Waals surface area contributed by atoms with Crippen LogP contribution in [-0.2, 0) is 18.3 Å². The number of para-hydroxylation sites is 4. The van der Waals surface area contributed by atoms with Gasteiger partial charge in [0.1, 0.15) is 0 Å². The van der Waals surface area contributed by atoms with Crippen LogP contribution in [0.15, 0.2) is 48.5 Å². The summed E-state index contributed by atoms with van der Waals surface area (Å²) >= 11 is 0. The number of benzene rings is 2. The third-order valence-corrected chi connectivity index (χ3v) is 10.5. The molecule has 0 unspecified atom stereocenters. The van der Waals surface area contributed by atoms with E-state index in [1.54, 1.807) is 0 Å². The van der Waals surface area contributed by atoms with Crippen LogP contribution in [0.5, 0.6) is 11.5 Å². The van der Waals surface area contributed by atoms with Gasteiger partial charge < -0.3 is 54.5 Å². The summed E-state index contributed by atoms with van der Waals surface area (Å²) in [4.78, 5) is 74.5. The van der Waals surface area contributed by atoms with Crippen LogP contribution in [0.25, 0.3) is 0 Å². The third-order valence-electron chi connectivity index (χ3n) is 3.84. The monoisotopic (exact) mass is 548 g/mol. The van der Waals surface area contributed by atoms with E-state index in [0.717, 1.165) is 0 Å². The summed E-state index contributed by atoms with van der Waals surface area (Å²) < 4.78 is 51.8. The van der Waals surface area contributed by atoms with Gasteiger partial charge in [-0.15, -0.1) is 0 Å². The van der Waals surface area contributed by atoms with Gasteiger partial charge in [-0.3, -0.25) is 18.3 Å². The molecule has 0 aliphatic heterocycles. The minimum atomic E-state index is -5.35. The van der Waals surface area contributed by atoms with Gasteiger partial charge >= 0.3 is 30.4 Å². The fourth-order valence-electron chi connectivity index (χ4n) is 2.47. The lowest BCUT2D eigenvalue weighted by molar-refractivity contribution is 0.339. The highest BCUT2D eigenvalue weighted by Crippen LogP contribution is 2.61. The molecule has 0 aromatic heterocycles. The molecule has 0 aliphatic carbocycles. The van der Waals surface area contributed by atoms with Crippen molar-refractivity contribution in [3.8, 4) is 11.5 Å². The van der Waals surface area contributed by atoms with E-state index in [9.17, 15) is 57.4 Å². The Kier molecular flexibility index (Phi) is 8.36. The Morgan fingerprint density at radius 1 is 0.545 bits per heavy atom. The fraction of sp³-hybridized carbons (Fsp3) is 0.143. The van der Waals surface area contributed by atoms with E-state index < -0.39 is 41.4 Å². The van der Waals surface area contributed by atoms with Crippen LogP contribution in [0.4, 0.5) is 11.4 Å². The van der Waals surface area contributed by atoms with Crippen LogP contribution < -0.4 is 15.4 Å². The molecule has 10 N–H and O–H groups in total. The van der Waals surface area contributed by atoms with Gasteiger partial charge in [0.25, 0.3) is 0 Å². The number of ether oxygens (including phenoxy) is 1. The van der Waals surface area contributed by atoms with Gasteiger partial charge in [-0.25, -0.2) is 0 Å². The molecular formula is C14H20N2O13P4. The molecule has 0 amide bonds. The second-order valence-corrected chi connectivity index (χ2v) is 14.1. The Labute approximate surface area is 186 Å². The van der Waals surface area contributed by atoms with Crippen LogP contribution in [0.3, 0.4) is 0 Å². The van der Waals surface area contributed by atoms with Crippen molar-refractivity contribution in [3.63, 3.8) is 0 Å². The third kappa shape index (κ3) is 7.73. The summed E-state index contributed by atoms with van der Waals surface area (Å²) in [5, 5.41) is 4.07. The smallest absolute Gasteiger partial charge is 0.360 e. The summed E-state index contributed by atoms with van der Waals surface area (Å²) in [5.41, 5.74) is -5.75. The highest BCUT2D eigenvalue weighted by molar-refractivity contribution is 7.71. The first-order valence-electron chi connectivity index (χ1n) is 8.50. The van der Waals surface area contributed by atoms with Crippen LogP contribution >= 0.6 is 30.4 Å². The van der Waals surface area contributed by atoms with Crippen molar-refractivity contribution in [2.75, 3.05) is 10.6 Å². The molecule has 0 heterocycles. The zero-order chi connectivity index (χ0) is 25.2. The Morgan fingerprint density at radius 3 is 1.09 bits per heavy atom. The number of hydrogen-bond acceptors (Lipinski definition) is 7. The van der Waals surface area contributed by atoms with Gasteiger partial charge in [-0.2, -0.15) is 0 Å². The maximum absolute atomic E-state index is 11.6. The van der Waals surface area contributed by atoms with Crippen molar-refractivity contribution >= 4 is 41.8 Å². The first kappa shape index (κ1) is 27.7. The first-order valence-corrected chi connectivity index (χ1v) is 15.2. The molecule has 0 fully saturated rings. The van der Waals surface area contributed by atoms with Crippen molar-refractivity contribution in [1.29, 1.82) is 0 Å². The maximum atomic E-state index is 11.6. The van der Waals surface area contributed by atoms with Gasteiger partial charge in [0.05, 0.1) is 11.4 Å². The van der Waals surface area contributed by atoms with Crippen molar-refractivity contribution < 1.29 is 62.1 Å². The average molecular weight is 548 g/mol. The van der Waals surface area contributed by atoms with Crippen molar-refractivity contribution in [1.82, 2.24) is 0 Å². The molecule has 2 aromatic rings. The quantitative estimate of drug-likeness (QED) is 0.189. The molecule has 0 spiro atoms. The Balaban J connectivity index is 2.45. The average Bonchev–Trinajstić information content (AvgIpc) is 2.62. The number of hydrogen-bond donors (Lipinski definition) is 10. The minimum absolute atomic E-state index is 0.234. The molecule has 0 saturated heterocycles. The van der Waals surface area contributed by atoms with Crippen LogP contribution in [-0.4, -0.2) is 50.2 Å². The largest absolute Gasteiger partial charge is 0.453 e. The lowest BCUT2D eigenvalue weighted by atomic mass is 10.2. The fourth-order valence-corrected chi connectivity index (χ4v) is 6.84. The van der Waals surface area contributed by atoms with Gasteiger partial charge in [-0.05, 0) is 24.3 Å². The molecule has 0 bridgehead atoms. The first-order chi connectivity index (χ1) is 14.9. The molecule has 19 heteroatoms. The van der Waals surface area contributed by atoms with E-state index >= 15 is 0 Å². The second-order valence-electron chi connectivity index (χ2n) is 6.49. The van der Waals surface area contributed by atoms with Gasteiger partial charge in [-0.1, -0.05) is 24.3 Å². The van der Waals surface area contributed by atoms with Gasteiger partial charge in [0, 0.05) is 0 Å². The normalized spacial score (nSPS) is 13.3. The SMILES string of the molecule is O=P(O)(O)C(Nc1ccccc1Oc1ccccc1NC(P(=O)(O)O)P(=O)(O)O)P(=O)(O)O. The van der Waals surface area contributed by atoms with Gasteiger partial charge in [0.15, 0.2) is 11.5 Å². The molecule has 0 aliphatic rings. The molecule has 2 rings (SSSR count). The van der Waals surface area contributed by atoms with E-state index in [1.807, 2.05) is 10.6 Å². The summed E-state index contributed by atoms with van der Waals surface area (Å²) in [5.74, 6) is -0.467. The van der Waals surface area contributed by atoms with E-state index in [0.29, 0.717) is 0 Å².